The van der Waals surface area contributed by atoms with Gasteiger partial charge in [-0.05, 0) is 79.1 Å². The number of carbonyl (C=O) groups is 4. The van der Waals surface area contributed by atoms with Gasteiger partial charge in [-0.15, -0.1) is 18.3 Å². The van der Waals surface area contributed by atoms with Gasteiger partial charge in [-0.3, -0.25) is 24.1 Å². The van der Waals surface area contributed by atoms with Crippen LogP contribution < -0.4 is 15.5 Å². The maximum Gasteiger partial charge on any atom is 0.305 e. The van der Waals surface area contributed by atoms with Gasteiger partial charge in [0, 0.05) is 64.7 Å². The molecule has 0 spiro atoms. The van der Waals surface area contributed by atoms with E-state index in [1.807, 2.05) is 42.5 Å². The molecule has 3 aliphatic heterocycles. The lowest BCUT2D eigenvalue weighted by Crippen LogP contribution is -2.36. The van der Waals surface area contributed by atoms with Crippen LogP contribution in [0.3, 0.4) is 0 Å². The minimum absolute atomic E-state index is 0.0188. The Morgan fingerprint density at radius 1 is 1.00 bits per heavy atom. The fourth-order valence-corrected chi connectivity index (χ4v) is 11.2. The van der Waals surface area contributed by atoms with Gasteiger partial charge in [-0.25, -0.2) is 0 Å². The Bertz CT molecular complexity index is 2420. The average Bonchev–Trinajstić information content (AvgIpc) is 3.85. The van der Waals surface area contributed by atoms with Crippen molar-refractivity contribution in [2.75, 3.05) is 47.5 Å². The Kier molecular flexibility index (Phi) is 15.3. The third kappa shape index (κ3) is 10.6. The molecule has 3 aromatic rings. The summed E-state index contributed by atoms with van der Waals surface area (Å²) in [6.45, 7) is 16.0. The quantitative estimate of drug-likeness (QED) is 0.0517. The zero-order valence-corrected chi connectivity index (χ0v) is 39.1. The molecule has 0 aliphatic carbocycles. The van der Waals surface area contributed by atoms with Crippen molar-refractivity contribution in [3.8, 4) is 0 Å². The predicted molar refractivity (Wildman–Crippen MR) is 263 cm³/mol. The third-order valence-electron chi connectivity index (χ3n) is 12.0. The van der Waals surface area contributed by atoms with Crippen molar-refractivity contribution in [3.05, 3.63) is 124 Å². The van der Waals surface area contributed by atoms with Gasteiger partial charge in [-0.1, -0.05) is 106 Å². The molecule has 4 N–H and O–H groups in total. The molecule has 0 saturated carbocycles. The monoisotopic (exact) mass is 907 g/mol. The number of anilines is 3. The number of allylic oxidation sites excluding steroid dienone is 7. The first-order valence-corrected chi connectivity index (χ1v) is 23.6. The van der Waals surface area contributed by atoms with Gasteiger partial charge in [0.25, 0.3) is 5.91 Å². The van der Waals surface area contributed by atoms with E-state index in [1.54, 1.807) is 23.9 Å². The zero-order chi connectivity index (χ0) is 45.5. The predicted octanol–water partition coefficient (Wildman–Crippen LogP) is 10.0. The van der Waals surface area contributed by atoms with E-state index < -0.39 is 28.7 Å². The molecule has 0 aromatic heterocycles. The Morgan fingerprint density at radius 2 is 1.76 bits per heavy atom. The van der Waals surface area contributed by atoms with Gasteiger partial charge >= 0.3 is 11.9 Å². The summed E-state index contributed by atoms with van der Waals surface area (Å²) in [6, 6.07) is 18.4. The molecule has 6 rings (SSSR count). The molecule has 2 saturated heterocycles. The second-order valence-electron chi connectivity index (χ2n) is 16.7. The summed E-state index contributed by atoms with van der Waals surface area (Å²) in [7, 11) is 0. The highest BCUT2D eigenvalue weighted by atomic mass is 32.2. The van der Waals surface area contributed by atoms with E-state index in [0.717, 1.165) is 62.7 Å². The molecule has 11 nitrogen and oxygen atoms in total. The first kappa shape index (κ1) is 47.2. The average molecular weight is 908 g/mol. The normalized spacial score (nSPS) is 20.0. The molecule has 2 fully saturated rings. The van der Waals surface area contributed by atoms with Crippen molar-refractivity contribution in [2.24, 2.45) is 0 Å². The van der Waals surface area contributed by atoms with E-state index in [0.29, 0.717) is 40.3 Å². The maximum atomic E-state index is 13.6. The number of amides is 2. The summed E-state index contributed by atoms with van der Waals surface area (Å²) in [5.41, 5.74) is 4.29. The van der Waals surface area contributed by atoms with E-state index in [-0.39, 0.29) is 31.8 Å². The van der Waals surface area contributed by atoms with E-state index >= 15 is 0 Å². The van der Waals surface area contributed by atoms with Gasteiger partial charge < -0.3 is 30.6 Å². The fraction of sp³-hybridized carbons (Fsp3) is 0.367. The van der Waals surface area contributed by atoms with Crippen LogP contribution in [0.25, 0.3) is 10.8 Å². The SMILES string of the molecule is C=CCC(C)(CC=CC=C1N(CCC(=O)O)c2c(ccc3ccccc23)C1(C)C)c1cc(NC(=O)CN2C(=O)C(=CC=C3SCC(CC)N3CC)SC2=S)ccc1NCCC(=O)O. The van der Waals surface area contributed by atoms with Crippen LogP contribution in [0.5, 0.6) is 0 Å². The first-order chi connectivity index (χ1) is 30.1. The smallest absolute Gasteiger partial charge is 0.305 e. The minimum Gasteiger partial charge on any atom is -0.481 e. The van der Waals surface area contributed by atoms with E-state index in [9.17, 15) is 29.4 Å². The second kappa shape index (κ2) is 20.5. The molecule has 2 unspecified atom stereocenters. The second-order valence-corrected chi connectivity index (χ2v) is 19.4. The summed E-state index contributed by atoms with van der Waals surface area (Å²) >= 11 is 8.53. The van der Waals surface area contributed by atoms with E-state index in [4.69, 9.17) is 12.2 Å². The summed E-state index contributed by atoms with van der Waals surface area (Å²) in [5, 5.41) is 28.7. The van der Waals surface area contributed by atoms with E-state index in [1.165, 1.54) is 16.7 Å². The van der Waals surface area contributed by atoms with Crippen LogP contribution in [0.15, 0.2) is 113 Å². The van der Waals surface area contributed by atoms with Crippen molar-refractivity contribution in [1.82, 2.24) is 9.80 Å². The first-order valence-electron chi connectivity index (χ1n) is 21.4. The molecule has 332 valence electrons. The van der Waals surface area contributed by atoms with Crippen molar-refractivity contribution in [1.29, 1.82) is 0 Å². The van der Waals surface area contributed by atoms with Gasteiger partial charge in [0.05, 0.1) is 28.5 Å². The van der Waals surface area contributed by atoms with Crippen LogP contribution in [0.2, 0.25) is 0 Å². The Hall–Kier alpha value is -5.31. The fourth-order valence-electron chi connectivity index (χ4n) is 8.64. The Labute approximate surface area is 384 Å². The van der Waals surface area contributed by atoms with Crippen molar-refractivity contribution in [3.63, 3.8) is 0 Å². The topological polar surface area (TPSA) is 143 Å². The van der Waals surface area contributed by atoms with Gasteiger partial charge in [0.15, 0.2) is 0 Å². The largest absolute Gasteiger partial charge is 0.481 e. The van der Waals surface area contributed by atoms with E-state index in [2.05, 4.69) is 98.0 Å². The lowest BCUT2D eigenvalue weighted by molar-refractivity contribution is -0.137. The third-order valence-corrected chi connectivity index (χ3v) is 14.6. The summed E-state index contributed by atoms with van der Waals surface area (Å²) in [6.07, 6.45) is 13.9. The lowest BCUT2D eigenvalue weighted by Gasteiger charge is -2.31. The molecule has 3 aliphatic rings. The maximum absolute atomic E-state index is 13.6. The van der Waals surface area contributed by atoms with Crippen LogP contribution in [0.4, 0.5) is 17.1 Å². The number of benzene rings is 3. The standard InChI is InChI=1S/C49H57N5O6S3/c1-7-25-49(6,26-13-12-16-40-48(4,5)36-19-17-32-14-10-11-15-35(32)45(36)53(40)28-24-44(58)59)37-29-33(18-20-38(37)50-27-23-43(56)57)51-41(55)30-54-46(60)39(63-47(54)61)21-22-42-52(9-3)34(8-2)31-62-42/h7,10-22,29,34,50H,1,8-9,23-28,30-31H2,2-6H3,(H,51,55)(H,56,57)(H,58,59). The number of thioether (sulfide) groups is 2. The van der Waals surface area contributed by atoms with Crippen LogP contribution in [-0.4, -0.2) is 86.1 Å². The number of hydrogen-bond donors (Lipinski definition) is 4. The number of fused-ring (bicyclic) bond motifs is 3. The molecule has 2 atom stereocenters. The molecule has 14 heteroatoms. The molecule has 3 aromatic carbocycles. The number of aliphatic carboxylic acids is 2. The Balaban J connectivity index is 1.24. The highest BCUT2D eigenvalue weighted by molar-refractivity contribution is 8.26. The highest BCUT2D eigenvalue weighted by Gasteiger charge is 2.41. The van der Waals surface area contributed by atoms with Crippen LogP contribution in [-0.2, 0) is 30.0 Å². The summed E-state index contributed by atoms with van der Waals surface area (Å²) in [5.74, 6) is -1.49. The number of nitrogens with zero attached hydrogens (tertiary/aromatic N) is 3. The zero-order valence-electron chi connectivity index (χ0n) is 36.6. The molecule has 3 heterocycles. The number of thiocarbonyl (C=S) groups is 1. The lowest BCUT2D eigenvalue weighted by atomic mass is 9.75. The number of rotatable bonds is 19. The van der Waals surface area contributed by atoms with Crippen LogP contribution in [0.1, 0.15) is 77.8 Å². The molecule has 2 amide bonds. The number of carboxylic acid groups (broad SMARTS) is 2. The van der Waals surface area contributed by atoms with Gasteiger partial charge in [0.2, 0.25) is 5.91 Å². The number of carbonyl (C=O) groups excluding carboxylic acids is 2. The van der Waals surface area contributed by atoms with Gasteiger partial charge in [0.1, 0.15) is 10.9 Å². The molecular formula is C49H57N5O6S3. The van der Waals surface area contributed by atoms with Gasteiger partial charge in [-0.2, -0.15) is 0 Å². The van der Waals surface area contributed by atoms with Crippen molar-refractivity contribution < 1.29 is 29.4 Å². The molecular weight excluding hydrogens is 851 g/mol. The summed E-state index contributed by atoms with van der Waals surface area (Å²) < 4.78 is 0.319. The number of nitrogens with one attached hydrogen (secondary N) is 2. The number of hydrogen-bond acceptors (Lipinski definition) is 10. The summed E-state index contributed by atoms with van der Waals surface area (Å²) in [4.78, 5) is 56.7. The van der Waals surface area contributed by atoms with Crippen LogP contribution in [0, 0.1) is 0 Å². The number of carboxylic acids is 2. The minimum atomic E-state index is -0.923. The van der Waals surface area contributed by atoms with Crippen molar-refractivity contribution in [2.45, 2.75) is 83.6 Å². The van der Waals surface area contributed by atoms with Crippen LogP contribution >= 0.6 is 35.7 Å². The highest BCUT2D eigenvalue weighted by Crippen LogP contribution is 2.51. The molecule has 63 heavy (non-hydrogen) atoms. The Morgan fingerprint density at radius 3 is 2.48 bits per heavy atom. The molecule has 0 radical (unpaired) electrons. The van der Waals surface area contributed by atoms with Crippen molar-refractivity contribution >= 4 is 91.6 Å². The molecule has 0 bridgehead atoms.